The van der Waals surface area contributed by atoms with Gasteiger partial charge in [0.2, 0.25) is 0 Å². The number of benzene rings is 2. The molecule has 0 N–H and O–H groups in total. The zero-order valence-corrected chi connectivity index (χ0v) is 17.8. The molecule has 0 atom stereocenters. The molecule has 1 aromatic heterocycles. The number of hydrogen-bond acceptors (Lipinski definition) is 3. The van der Waals surface area contributed by atoms with Gasteiger partial charge in [0, 0.05) is 17.0 Å². The van der Waals surface area contributed by atoms with Gasteiger partial charge in [-0.2, -0.15) is 0 Å². The van der Waals surface area contributed by atoms with Gasteiger partial charge < -0.3 is 4.74 Å². The molecule has 154 valence electrons. The van der Waals surface area contributed by atoms with Crippen LogP contribution in [0.3, 0.4) is 0 Å². The largest absolute Gasteiger partial charge is 0.573 e. The molecule has 0 aliphatic carbocycles. The molecule has 0 spiro atoms. The first-order chi connectivity index (χ1) is 13.6. The van der Waals surface area contributed by atoms with Crippen LogP contribution in [-0.2, 0) is 0 Å². The third-order valence-electron chi connectivity index (χ3n) is 3.82. The maximum Gasteiger partial charge on any atom is 0.573 e. The van der Waals surface area contributed by atoms with Crippen LogP contribution in [-0.4, -0.2) is 21.7 Å². The lowest BCUT2D eigenvalue weighted by Crippen LogP contribution is -2.17. The molecule has 29 heavy (non-hydrogen) atoms. The summed E-state index contributed by atoms with van der Waals surface area (Å²) in [6.45, 7) is 4.20. The average molecular weight is 461 g/mol. The zero-order chi connectivity index (χ0) is 21.2. The maximum atomic E-state index is 12.4. The Kier molecular flexibility index (Phi) is 6.71. The van der Waals surface area contributed by atoms with Gasteiger partial charge in [0.25, 0.3) is 0 Å². The first-order valence-corrected chi connectivity index (χ1v) is 10.4. The van der Waals surface area contributed by atoms with Crippen molar-refractivity contribution in [3.63, 3.8) is 0 Å². The van der Waals surface area contributed by atoms with E-state index in [9.17, 15) is 13.2 Å². The minimum absolute atomic E-state index is 0.283. The number of rotatable bonds is 6. The molecule has 2 aromatic carbocycles. The van der Waals surface area contributed by atoms with Crippen LogP contribution in [0.5, 0.6) is 5.75 Å². The van der Waals surface area contributed by atoms with Gasteiger partial charge in [-0.25, -0.2) is 4.98 Å². The molecule has 0 aliphatic heterocycles. The predicted molar refractivity (Wildman–Crippen MR) is 111 cm³/mol. The van der Waals surface area contributed by atoms with Gasteiger partial charge in [0.05, 0.1) is 21.9 Å². The predicted octanol–water partition coefficient (Wildman–Crippen LogP) is 7.49. The SMILES string of the molecule is CC(C)CSc1ncc(-c2ccc(Cl)c(Cl)c2)n1-c1ccc(OC(F)(F)F)cc1. The molecule has 9 heteroatoms. The summed E-state index contributed by atoms with van der Waals surface area (Å²) < 4.78 is 43.2. The van der Waals surface area contributed by atoms with Gasteiger partial charge in [-0.05, 0) is 42.3 Å². The molecular formula is C20H17Cl2F3N2OS. The first-order valence-electron chi connectivity index (χ1n) is 8.66. The second kappa shape index (κ2) is 8.90. The fraction of sp³-hybridized carbons (Fsp3) is 0.250. The summed E-state index contributed by atoms with van der Waals surface area (Å²) in [5, 5.41) is 1.57. The molecule has 0 aliphatic rings. The van der Waals surface area contributed by atoms with Crippen molar-refractivity contribution in [2.45, 2.75) is 25.4 Å². The van der Waals surface area contributed by atoms with E-state index in [0.29, 0.717) is 21.7 Å². The second-order valence-electron chi connectivity index (χ2n) is 6.64. The van der Waals surface area contributed by atoms with Gasteiger partial charge in [-0.3, -0.25) is 4.57 Å². The van der Waals surface area contributed by atoms with Crippen molar-refractivity contribution in [3.05, 3.63) is 58.7 Å². The van der Waals surface area contributed by atoms with E-state index in [1.54, 1.807) is 42.2 Å². The van der Waals surface area contributed by atoms with Crippen LogP contribution < -0.4 is 4.74 Å². The van der Waals surface area contributed by atoms with Crippen LogP contribution in [0.1, 0.15) is 13.8 Å². The van der Waals surface area contributed by atoms with E-state index in [1.807, 2.05) is 10.6 Å². The molecule has 1 heterocycles. The Morgan fingerprint density at radius 3 is 2.34 bits per heavy atom. The normalized spacial score (nSPS) is 11.9. The summed E-state index contributed by atoms with van der Waals surface area (Å²) >= 11 is 13.8. The molecule has 0 unspecified atom stereocenters. The first kappa shape index (κ1) is 21.9. The molecule has 3 rings (SSSR count). The van der Waals surface area contributed by atoms with E-state index in [4.69, 9.17) is 23.2 Å². The minimum atomic E-state index is -4.74. The van der Waals surface area contributed by atoms with Crippen LogP contribution in [0.2, 0.25) is 10.0 Å². The topological polar surface area (TPSA) is 27.1 Å². The van der Waals surface area contributed by atoms with Crippen molar-refractivity contribution in [1.29, 1.82) is 0 Å². The fourth-order valence-corrected chi connectivity index (χ4v) is 3.82. The van der Waals surface area contributed by atoms with Crippen molar-refractivity contribution in [2.24, 2.45) is 5.92 Å². The van der Waals surface area contributed by atoms with Gasteiger partial charge in [0.1, 0.15) is 5.75 Å². The molecule has 0 bridgehead atoms. The standard InChI is InChI=1S/C20H17Cl2F3N2OS/c1-12(2)11-29-19-26-10-18(13-3-8-16(21)17(22)9-13)27(19)14-4-6-15(7-5-14)28-20(23,24)25/h3-10,12H,11H2,1-2H3. The number of imidazole rings is 1. The highest BCUT2D eigenvalue weighted by Crippen LogP contribution is 2.34. The van der Waals surface area contributed by atoms with E-state index in [-0.39, 0.29) is 5.75 Å². The zero-order valence-electron chi connectivity index (χ0n) is 15.5. The summed E-state index contributed by atoms with van der Waals surface area (Å²) in [4.78, 5) is 4.51. The highest BCUT2D eigenvalue weighted by atomic mass is 35.5. The second-order valence-corrected chi connectivity index (χ2v) is 8.44. The van der Waals surface area contributed by atoms with Crippen LogP contribution in [0.15, 0.2) is 53.8 Å². The Morgan fingerprint density at radius 2 is 1.76 bits per heavy atom. The van der Waals surface area contributed by atoms with Gasteiger partial charge >= 0.3 is 6.36 Å². The van der Waals surface area contributed by atoms with Crippen molar-refractivity contribution >= 4 is 35.0 Å². The number of ether oxygens (including phenoxy) is 1. The summed E-state index contributed by atoms with van der Waals surface area (Å²) in [5.74, 6) is 1.00. The van der Waals surface area contributed by atoms with Crippen LogP contribution >= 0.6 is 35.0 Å². The highest BCUT2D eigenvalue weighted by molar-refractivity contribution is 7.99. The smallest absolute Gasteiger partial charge is 0.406 e. The van der Waals surface area contributed by atoms with E-state index in [1.165, 1.54) is 12.1 Å². The molecule has 3 nitrogen and oxygen atoms in total. The lowest BCUT2D eigenvalue weighted by atomic mass is 10.1. The lowest BCUT2D eigenvalue weighted by Gasteiger charge is -2.14. The highest BCUT2D eigenvalue weighted by Gasteiger charge is 2.31. The number of thioether (sulfide) groups is 1. The number of aromatic nitrogens is 2. The fourth-order valence-electron chi connectivity index (χ4n) is 2.58. The Balaban J connectivity index is 2.04. The monoisotopic (exact) mass is 460 g/mol. The summed E-state index contributed by atoms with van der Waals surface area (Å²) in [5.41, 5.74) is 2.20. The van der Waals surface area contributed by atoms with Crippen LogP contribution in [0.25, 0.3) is 16.9 Å². The van der Waals surface area contributed by atoms with E-state index < -0.39 is 6.36 Å². The molecule has 3 aromatic rings. The minimum Gasteiger partial charge on any atom is -0.406 e. The Bertz CT molecular complexity index is 988. The van der Waals surface area contributed by atoms with Gasteiger partial charge in [-0.15, -0.1) is 13.2 Å². The van der Waals surface area contributed by atoms with Crippen molar-refractivity contribution in [1.82, 2.24) is 9.55 Å². The van der Waals surface area contributed by atoms with Crippen molar-refractivity contribution < 1.29 is 17.9 Å². The Hall–Kier alpha value is -1.83. The maximum absolute atomic E-state index is 12.4. The third kappa shape index (κ3) is 5.62. The van der Waals surface area contributed by atoms with Crippen molar-refractivity contribution in [3.8, 4) is 22.7 Å². The van der Waals surface area contributed by atoms with Crippen LogP contribution in [0, 0.1) is 5.92 Å². The molecular weight excluding hydrogens is 444 g/mol. The molecule has 0 amide bonds. The van der Waals surface area contributed by atoms with Crippen molar-refractivity contribution in [2.75, 3.05) is 5.75 Å². The van der Waals surface area contributed by atoms with Gasteiger partial charge in [-0.1, -0.05) is 54.9 Å². The quantitative estimate of drug-likeness (QED) is 0.356. The number of halogens is 5. The van der Waals surface area contributed by atoms with E-state index in [0.717, 1.165) is 22.2 Å². The van der Waals surface area contributed by atoms with E-state index >= 15 is 0 Å². The summed E-state index contributed by atoms with van der Waals surface area (Å²) in [6, 6.07) is 10.9. The molecule has 0 saturated carbocycles. The molecule has 0 fully saturated rings. The Morgan fingerprint density at radius 1 is 1.07 bits per heavy atom. The Labute approximate surface area is 180 Å². The lowest BCUT2D eigenvalue weighted by molar-refractivity contribution is -0.274. The number of hydrogen-bond donors (Lipinski definition) is 0. The van der Waals surface area contributed by atoms with Gasteiger partial charge in [0.15, 0.2) is 5.16 Å². The van der Waals surface area contributed by atoms with Crippen LogP contribution in [0.4, 0.5) is 13.2 Å². The summed E-state index contributed by atoms with van der Waals surface area (Å²) in [7, 11) is 0. The van der Waals surface area contributed by atoms with E-state index in [2.05, 4.69) is 23.6 Å². The molecule has 0 radical (unpaired) electrons. The average Bonchev–Trinajstić information content (AvgIpc) is 3.05. The summed E-state index contributed by atoms with van der Waals surface area (Å²) in [6.07, 6.45) is -3.03. The molecule has 0 saturated heterocycles. The number of alkyl halides is 3. The number of nitrogens with zero attached hydrogens (tertiary/aromatic N) is 2. The third-order valence-corrected chi connectivity index (χ3v) is 5.94.